The summed E-state index contributed by atoms with van der Waals surface area (Å²) in [6, 6.07) is 14.4. The second-order valence-electron chi connectivity index (χ2n) is 4.20. The highest BCUT2D eigenvalue weighted by molar-refractivity contribution is 5.89. The number of alkyl halides is 2. The summed E-state index contributed by atoms with van der Waals surface area (Å²) >= 11 is 0. The van der Waals surface area contributed by atoms with Crippen molar-refractivity contribution in [3.8, 4) is 11.5 Å². The van der Waals surface area contributed by atoms with Gasteiger partial charge in [0.25, 0.3) is 0 Å². The van der Waals surface area contributed by atoms with Gasteiger partial charge in [0.2, 0.25) is 0 Å². The van der Waals surface area contributed by atoms with Crippen LogP contribution in [0.3, 0.4) is 0 Å². The molecular weight excluding hydrogens is 294 g/mol. The largest absolute Gasteiger partial charge is 0.490 e. The van der Waals surface area contributed by atoms with Crippen LogP contribution in [0.25, 0.3) is 0 Å². The molecule has 0 saturated heterocycles. The van der Waals surface area contributed by atoms with Crippen LogP contribution >= 0.6 is 0 Å². The molecule has 0 saturated carbocycles. The summed E-state index contributed by atoms with van der Waals surface area (Å²) in [4.78, 5) is 11.7. The molecule has 0 heterocycles. The van der Waals surface area contributed by atoms with Crippen molar-refractivity contribution in [2.24, 2.45) is 0 Å². The highest BCUT2D eigenvalue weighted by Crippen LogP contribution is 2.15. The predicted octanol–water partition coefficient (Wildman–Crippen LogP) is 3.52. The van der Waals surface area contributed by atoms with Crippen LogP contribution in [-0.2, 0) is 4.74 Å². The lowest BCUT2D eigenvalue weighted by molar-refractivity contribution is -0.0498. The van der Waals surface area contributed by atoms with Crippen molar-refractivity contribution in [3.05, 3.63) is 60.2 Å². The van der Waals surface area contributed by atoms with Gasteiger partial charge >= 0.3 is 12.6 Å². The number of carbonyl (C=O) groups excluding carboxylic acids is 1. The molecule has 0 bridgehead atoms. The molecule has 116 valence electrons. The van der Waals surface area contributed by atoms with E-state index in [9.17, 15) is 13.6 Å². The van der Waals surface area contributed by atoms with Gasteiger partial charge in [-0.25, -0.2) is 4.79 Å². The zero-order valence-electron chi connectivity index (χ0n) is 11.6. The van der Waals surface area contributed by atoms with Gasteiger partial charge in [-0.2, -0.15) is 8.78 Å². The van der Waals surface area contributed by atoms with E-state index < -0.39 is 12.6 Å². The van der Waals surface area contributed by atoms with E-state index in [1.165, 1.54) is 24.3 Å². The fourth-order valence-electron chi connectivity index (χ4n) is 1.67. The zero-order chi connectivity index (χ0) is 15.8. The van der Waals surface area contributed by atoms with E-state index in [2.05, 4.69) is 4.74 Å². The molecular formula is C16H14F2O4. The van der Waals surface area contributed by atoms with E-state index in [0.717, 1.165) is 0 Å². The number of para-hydroxylation sites is 1. The predicted molar refractivity (Wildman–Crippen MR) is 75.3 cm³/mol. The summed E-state index contributed by atoms with van der Waals surface area (Å²) in [5.74, 6) is 0.117. The summed E-state index contributed by atoms with van der Waals surface area (Å²) in [5.41, 5.74) is 0.251. The van der Waals surface area contributed by atoms with Crippen LogP contribution in [0.15, 0.2) is 54.6 Å². The Morgan fingerprint density at radius 1 is 0.909 bits per heavy atom. The van der Waals surface area contributed by atoms with Gasteiger partial charge in [0.1, 0.15) is 24.7 Å². The first-order valence-corrected chi connectivity index (χ1v) is 6.55. The number of rotatable bonds is 7. The van der Waals surface area contributed by atoms with Crippen LogP contribution in [-0.4, -0.2) is 25.8 Å². The minimum Gasteiger partial charge on any atom is -0.490 e. The topological polar surface area (TPSA) is 44.8 Å². The summed E-state index contributed by atoms with van der Waals surface area (Å²) in [7, 11) is 0. The lowest BCUT2D eigenvalue weighted by Gasteiger charge is -2.08. The normalized spacial score (nSPS) is 10.3. The van der Waals surface area contributed by atoms with Crippen molar-refractivity contribution < 1.29 is 27.8 Å². The highest BCUT2D eigenvalue weighted by Gasteiger charge is 2.09. The van der Waals surface area contributed by atoms with E-state index in [-0.39, 0.29) is 24.5 Å². The van der Waals surface area contributed by atoms with Crippen LogP contribution in [0.1, 0.15) is 10.4 Å². The van der Waals surface area contributed by atoms with Gasteiger partial charge in [0.15, 0.2) is 0 Å². The van der Waals surface area contributed by atoms with E-state index in [4.69, 9.17) is 9.47 Å². The third kappa shape index (κ3) is 5.05. The first-order chi connectivity index (χ1) is 10.6. The Morgan fingerprint density at radius 3 is 2.23 bits per heavy atom. The molecule has 0 aliphatic heterocycles. The molecule has 2 aromatic carbocycles. The summed E-state index contributed by atoms with van der Waals surface area (Å²) in [6.07, 6.45) is 0. The van der Waals surface area contributed by atoms with E-state index in [0.29, 0.717) is 5.75 Å². The van der Waals surface area contributed by atoms with Gasteiger partial charge in [-0.15, -0.1) is 0 Å². The molecule has 6 heteroatoms. The molecule has 0 fully saturated rings. The first kappa shape index (κ1) is 15.8. The Kier molecular flexibility index (Phi) is 5.71. The standard InChI is InChI=1S/C16H14F2O4/c17-16(18)22-14-8-6-12(7-9-14)15(19)21-11-10-20-13-4-2-1-3-5-13/h1-9,16H,10-11H2. The summed E-state index contributed by atoms with van der Waals surface area (Å²) in [6.45, 7) is -2.58. The number of hydrogen-bond acceptors (Lipinski definition) is 4. The van der Waals surface area contributed by atoms with Crippen molar-refractivity contribution in [2.75, 3.05) is 13.2 Å². The molecule has 4 nitrogen and oxygen atoms in total. The minimum absolute atomic E-state index is 0.0149. The van der Waals surface area contributed by atoms with Crippen LogP contribution in [0.4, 0.5) is 8.78 Å². The second-order valence-corrected chi connectivity index (χ2v) is 4.20. The molecule has 0 aromatic heterocycles. The smallest absolute Gasteiger partial charge is 0.387 e. The lowest BCUT2D eigenvalue weighted by Crippen LogP contribution is -2.12. The van der Waals surface area contributed by atoms with Crippen LogP contribution < -0.4 is 9.47 Å². The van der Waals surface area contributed by atoms with E-state index in [1.54, 1.807) is 12.1 Å². The third-order valence-electron chi connectivity index (χ3n) is 2.64. The minimum atomic E-state index is -2.90. The van der Waals surface area contributed by atoms with Crippen molar-refractivity contribution >= 4 is 5.97 Å². The Bertz CT molecular complexity index is 585. The Hall–Kier alpha value is -2.63. The molecule has 0 spiro atoms. The average molecular weight is 308 g/mol. The third-order valence-corrected chi connectivity index (χ3v) is 2.64. The molecule has 0 aliphatic rings. The van der Waals surface area contributed by atoms with Gasteiger partial charge in [-0.1, -0.05) is 18.2 Å². The fourth-order valence-corrected chi connectivity index (χ4v) is 1.67. The van der Waals surface area contributed by atoms with Crippen molar-refractivity contribution in [2.45, 2.75) is 6.61 Å². The molecule has 0 radical (unpaired) electrons. The van der Waals surface area contributed by atoms with Crippen LogP contribution in [0, 0.1) is 0 Å². The van der Waals surface area contributed by atoms with E-state index >= 15 is 0 Å². The number of ether oxygens (including phenoxy) is 3. The Labute approximate surface area is 126 Å². The average Bonchev–Trinajstić information content (AvgIpc) is 2.52. The van der Waals surface area contributed by atoms with Crippen molar-refractivity contribution in [1.82, 2.24) is 0 Å². The SMILES string of the molecule is O=C(OCCOc1ccccc1)c1ccc(OC(F)F)cc1. The molecule has 2 aromatic rings. The Balaban J connectivity index is 1.75. The van der Waals surface area contributed by atoms with Gasteiger partial charge < -0.3 is 14.2 Å². The number of esters is 1. The Morgan fingerprint density at radius 2 is 1.59 bits per heavy atom. The zero-order valence-corrected chi connectivity index (χ0v) is 11.6. The fraction of sp³-hybridized carbons (Fsp3) is 0.188. The summed E-state index contributed by atoms with van der Waals surface area (Å²) in [5, 5.41) is 0. The quantitative estimate of drug-likeness (QED) is 0.580. The monoisotopic (exact) mass is 308 g/mol. The van der Waals surface area contributed by atoms with Gasteiger partial charge in [0.05, 0.1) is 5.56 Å². The molecule has 0 amide bonds. The molecule has 22 heavy (non-hydrogen) atoms. The first-order valence-electron chi connectivity index (χ1n) is 6.55. The number of benzene rings is 2. The maximum atomic E-state index is 12.0. The van der Waals surface area contributed by atoms with Crippen LogP contribution in [0.5, 0.6) is 11.5 Å². The molecule has 0 aliphatic carbocycles. The second kappa shape index (κ2) is 7.97. The van der Waals surface area contributed by atoms with Crippen molar-refractivity contribution in [1.29, 1.82) is 0 Å². The van der Waals surface area contributed by atoms with Gasteiger partial charge in [-0.05, 0) is 36.4 Å². The van der Waals surface area contributed by atoms with E-state index in [1.807, 2.05) is 18.2 Å². The van der Waals surface area contributed by atoms with Gasteiger partial charge in [-0.3, -0.25) is 0 Å². The summed E-state index contributed by atoms with van der Waals surface area (Å²) < 4.78 is 38.6. The van der Waals surface area contributed by atoms with Crippen molar-refractivity contribution in [3.63, 3.8) is 0 Å². The number of hydrogen-bond donors (Lipinski definition) is 0. The molecule has 0 N–H and O–H groups in total. The lowest BCUT2D eigenvalue weighted by atomic mass is 10.2. The van der Waals surface area contributed by atoms with Gasteiger partial charge in [0, 0.05) is 0 Å². The maximum Gasteiger partial charge on any atom is 0.387 e. The maximum absolute atomic E-state index is 12.0. The molecule has 0 unspecified atom stereocenters. The molecule has 2 rings (SSSR count). The highest BCUT2D eigenvalue weighted by atomic mass is 19.3. The number of halogens is 2. The van der Waals surface area contributed by atoms with Crippen LogP contribution in [0.2, 0.25) is 0 Å². The number of carbonyl (C=O) groups is 1. The molecule has 0 atom stereocenters.